The largest absolute Gasteiger partial charge is 0.389 e. The minimum Gasteiger partial charge on any atom is -0.389 e. The second-order valence-electron chi connectivity index (χ2n) is 4.68. The van der Waals surface area contributed by atoms with E-state index in [9.17, 15) is 9.90 Å². The first-order valence-electron chi connectivity index (χ1n) is 6.49. The lowest BCUT2D eigenvalue weighted by atomic mass is 10.1. The maximum Gasteiger partial charge on any atom is 0.326 e. The number of aromatic nitrogens is 3. The van der Waals surface area contributed by atoms with Gasteiger partial charge in [-0.2, -0.15) is 5.10 Å². The maximum atomic E-state index is 11.8. The number of benzene rings is 1. The zero-order chi connectivity index (χ0) is 15.4. The molecular formula is C14H17N5O2. The van der Waals surface area contributed by atoms with Gasteiger partial charge in [0.15, 0.2) is 0 Å². The molecule has 1 unspecified atom stereocenters. The molecule has 21 heavy (non-hydrogen) atoms. The number of aliphatic hydroxyl groups excluding tert-OH is 1. The van der Waals surface area contributed by atoms with Crippen LogP contribution in [0.5, 0.6) is 0 Å². The number of hydrogen-bond donors (Lipinski definition) is 3. The van der Waals surface area contributed by atoms with Crippen molar-refractivity contribution in [2.75, 3.05) is 10.6 Å². The third-order valence-electron chi connectivity index (χ3n) is 2.97. The molecule has 7 heteroatoms. The average Bonchev–Trinajstić information content (AvgIpc) is 2.43. The van der Waals surface area contributed by atoms with Crippen molar-refractivity contribution in [3.05, 3.63) is 41.2 Å². The van der Waals surface area contributed by atoms with Crippen molar-refractivity contribution in [2.24, 2.45) is 0 Å². The van der Waals surface area contributed by atoms with E-state index in [0.717, 1.165) is 11.3 Å². The van der Waals surface area contributed by atoms with E-state index in [4.69, 9.17) is 0 Å². The molecule has 0 aliphatic heterocycles. The van der Waals surface area contributed by atoms with E-state index >= 15 is 0 Å². The van der Waals surface area contributed by atoms with Crippen LogP contribution in [0, 0.1) is 13.8 Å². The summed E-state index contributed by atoms with van der Waals surface area (Å²) in [6, 6.07) is 6.45. The third kappa shape index (κ3) is 3.96. The fourth-order valence-electron chi connectivity index (χ4n) is 1.62. The molecule has 7 nitrogen and oxygen atoms in total. The van der Waals surface area contributed by atoms with Crippen molar-refractivity contribution in [3.63, 3.8) is 0 Å². The molecule has 110 valence electrons. The number of anilines is 2. The average molecular weight is 287 g/mol. The van der Waals surface area contributed by atoms with Crippen LogP contribution in [0.15, 0.2) is 24.3 Å². The van der Waals surface area contributed by atoms with Crippen molar-refractivity contribution >= 4 is 17.7 Å². The number of carbonyl (C=O) groups is 1. The van der Waals surface area contributed by atoms with Gasteiger partial charge in [-0.25, -0.2) is 9.78 Å². The highest BCUT2D eigenvalue weighted by atomic mass is 16.3. The molecule has 1 aromatic heterocycles. The number of hydrogen-bond acceptors (Lipinski definition) is 5. The number of rotatable bonds is 3. The topological polar surface area (TPSA) is 100 Å². The summed E-state index contributed by atoms with van der Waals surface area (Å²) < 4.78 is 0. The van der Waals surface area contributed by atoms with Gasteiger partial charge >= 0.3 is 6.03 Å². The van der Waals surface area contributed by atoms with E-state index in [1.165, 1.54) is 0 Å². The molecule has 0 aliphatic carbocycles. The van der Waals surface area contributed by atoms with Crippen LogP contribution in [0.2, 0.25) is 0 Å². The number of nitrogens with one attached hydrogen (secondary N) is 2. The van der Waals surface area contributed by atoms with Gasteiger partial charge in [-0.15, -0.1) is 5.10 Å². The molecule has 0 radical (unpaired) electrons. The highest BCUT2D eigenvalue weighted by molar-refractivity contribution is 5.98. The molecule has 2 amide bonds. The highest BCUT2D eigenvalue weighted by Gasteiger charge is 2.07. The normalized spacial score (nSPS) is 11.8. The summed E-state index contributed by atoms with van der Waals surface area (Å²) in [5.41, 5.74) is 2.81. The van der Waals surface area contributed by atoms with E-state index in [0.29, 0.717) is 11.4 Å². The molecule has 0 aliphatic rings. The molecule has 2 rings (SSSR count). The Bertz CT molecular complexity index is 640. The Balaban J connectivity index is 1.99. The van der Waals surface area contributed by atoms with Gasteiger partial charge < -0.3 is 10.4 Å². The summed E-state index contributed by atoms with van der Waals surface area (Å²) in [6.45, 7) is 5.27. The zero-order valence-electron chi connectivity index (χ0n) is 12.1. The van der Waals surface area contributed by atoms with Crippen molar-refractivity contribution in [3.8, 4) is 0 Å². The Hall–Kier alpha value is -2.54. The monoisotopic (exact) mass is 287 g/mol. The van der Waals surface area contributed by atoms with E-state index in [-0.39, 0.29) is 5.95 Å². The smallest absolute Gasteiger partial charge is 0.326 e. The molecule has 0 fully saturated rings. The molecule has 0 saturated heterocycles. The second-order valence-corrected chi connectivity index (χ2v) is 4.68. The minimum absolute atomic E-state index is 0.149. The van der Waals surface area contributed by atoms with Crippen molar-refractivity contribution in [1.82, 2.24) is 15.2 Å². The summed E-state index contributed by atoms with van der Waals surface area (Å²) in [5.74, 6) is 0.149. The number of aryl methyl sites for hydroxylation is 2. The predicted octanol–water partition coefficient (Wildman–Crippen LogP) is 2.19. The van der Waals surface area contributed by atoms with Gasteiger partial charge in [0.25, 0.3) is 5.95 Å². The Morgan fingerprint density at radius 3 is 2.33 bits per heavy atom. The van der Waals surface area contributed by atoms with Gasteiger partial charge in [0.05, 0.1) is 17.5 Å². The van der Waals surface area contributed by atoms with Crippen LogP contribution in [-0.2, 0) is 0 Å². The van der Waals surface area contributed by atoms with E-state index < -0.39 is 12.1 Å². The first-order chi connectivity index (χ1) is 9.95. The minimum atomic E-state index is -0.539. The Kier molecular flexibility index (Phi) is 4.44. The lowest BCUT2D eigenvalue weighted by Crippen LogP contribution is -2.21. The van der Waals surface area contributed by atoms with Gasteiger partial charge in [0.1, 0.15) is 0 Å². The number of nitrogens with zero attached hydrogens (tertiary/aromatic N) is 3. The molecule has 1 aromatic carbocycles. The summed E-state index contributed by atoms with van der Waals surface area (Å²) >= 11 is 0. The molecule has 1 atom stereocenters. The fourth-order valence-corrected chi connectivity index (χ4v) is 1.62. The molecule has 0 bridgehead atoms. The van der Waals surface area contributed by atoms with Crippen LogP contribution in [0.25, 0.3) is 0 Å². The van der Waals surface area contributed by atoms with Gasteiger partial charge in [-0.3, -0.25) is 5.32 Å². The number of urea groups is 1. The summed E-state index contributed by atoms with van der Waals surface area (Å²) in [4.78, 5) is 15.9. The van der Waals surface area contributed by atoms with Crippen LogP contribution in [0.3, 0.4) is 0 Å². The molecule has 3 N–H and O–H groups in total. The number of aliphatic hydroxyl groups is 1. The van der Waals surface area contributed by atoms with Crippen LogP contribution < -0.4 is 10.6 Å². The lowest BCUT2D eigenvalue weighted by Gasteiger charge is -2.08. The summed E-state index contributed by atoms with van der Waals surface area (Å²) in [5, 5.41) is 22.3. The van der Waals surface area contributed by atoms with Gasteiger partial charge in [0.2, 0.25) is 0 Å². The summed E-state index contributed by atoms with van der Waals surface area (Å²) in [6.07, 6.45) is -0.539. The van der Waals surface area contributed by atoms with Gasteiger partial charge in [0, 0.05) is 5.69 Å². The van der Waals surface area contributed by atoms with Crippen LogP contribution >= 0.6 is 0 Å². The summed E-state index contributed by atoms with van der Waals surface area (Å²) in [7, 11) is 0. The SMILES string of the molecule is Cc1nnc(NC(=O)Nc2ccc(C(C)O)cc2)nc1C. The van der Waals surface area contributed by atoms with Crippen molar-refractivity contribution in [1.29, 1.82) is 0 Å². The number of carbonyl (C=O) groups excluding carboxylic acids is 1. The maximum absolute atomic E-state index is 11.8. The van der Waals surface area contributed by atoms with Crippen LogP contribution in [-0.4, -0.2) is 26.3 Å². The van der Waals surface area contributed by atoms with E-state index in [1.54, 1.807) is 45.0 Å². The lowest BCUT2D eigenvalue weighted by molar-refractivity contribution is 0.199. The molecule has 0 spiro atoms. The van der Waals surface area contributed by atoms with Crippen LogP contribution in [0.4, 0.5) is 16.4 Å². The Morgan fingerprint density at radius 1 is 1.10 bits per heavy atom. The molecule has 1 heterocycles. The van der Waals surface area contributed by atoms with Crippen molar-refractivity contribution < 1.29 is 9.90 Å². The van der Waals surface area contributed by atoms with Crippen LogP contribution in [0.1, 0.15) is 30.0 Å². The van der Waals surface area contributed by atoms with E-state index in [1.807, 2.05) is 0 Å². The zero-order valence-corrected chi connectivity index (χ0v) is 12.1. The second kappa shape index (κ2) is 6.27. The first kappa shape index (κ1) is 14.9. The molecular weight excluding hydrogens is 270 g/mol. The highest BCUT2D eigenvalue weighted by Crippen LogP contribution is 2.15. The molecule has 2 aromatic rings. The van der Waals surface area contributed by atoms with Gasteiger partial charge in [-0.1, -0.05) is 12.1 Å². The Morgan fingerprint density at radius 2 is 1.76 bits per heavy atom. The molecule has 0 saturated carbocycles. The third-order valence-corrected chi connectivity index (χ3v) is 2.97. The van der Waals surface area contributed by atoms with E-state index in [2.05, 4.69) is 25.8 Å². The fraction of sp³-hybridized carbons (Fsp3) is 0.286. The van der Waals surface area contributed by atoms with Crippen molar-refractivity contribution in [2.45, 2.75) is 26.9 Å². The standard InChI is InChI=1S/C14H17N5O2/c1-8-9(2)18-19-13(15-8)17-14(21)16-12-6-4-11(5-7-12)10(3)20/h4-7,10,20H,1-3H3,(H2,15,16,17,19,21). The quantitative estimate of drug-likeness (QED) is 0.803. The Labute approximate surface area is 122 Å². The first-order valence-corrected chi connectivity index (χ1v) is 6.49. The van der Waals surface area contributed by atoms with Gasteiger partial charge in [-0.05, 0) is 38.5 Å². The predicted molar refractivity (Wildman–Crippen MR) is 79.0 cm³/mol. The number of amides is 2.